The first-order chi connectivity index (χ1) is 10.7. The number of aliphatic hydroxyl groups is 1. The summed E-state index contributed by atoms with van der Waals surface area (Å²) in [5, 5.41) is 9.92. The summed E-state index contributed by atoms with van der Waals surface area (Å²) in [5.74, 6) is -0.674. The molecule has 2 rings (SSSR count). The number of halogens is 2. The van der Waals surface area contributed by atoms with Gasteiger partial charge in [-0.05, 0) is 19.1 Å². The molecule has 1 unspecified atom stereocenters. The SMILES string of the molecule is CC(O)C(=O)N1CCN(S(=O)(=O)Cc2c(Cl)cccc2Cl)CC1. The minimum absolute atomic E-state index is 0.183. The molecular formula is C14H18Cl2N2O4S. The zero-order chi connectivity index (χ0) is 17.2. The molecule has 128 valence electrons. The third-order valence-electron chi connectivity index (χ3n) is 3.69. The zero-order valence-electron chi connectivity index (χ0n) is 12.6. The zero-order valence-corrected chi connectivity index (χ0v) is 14.9. The van der Waals surface area contributed by atoms with Gasteiger partial charge in [0.05, 0.1) is 5.75 Å². The number of benzene rings is 1. The molecule has 0 bridgehead atoms. The van der Waals surface area contributed by atoms with E-state index in [2.05, 4.69) is 0 Å². The predicted molar refractivity (Wildman–Crippen MR) is 88.9 cm³/mol. The van der Waals surface area contributed by atoms with Crippen LogP contribution in [0.3, 0.4) is 0 Å². The number of carbonyl (C=O) groups excluding carboxylic acids is 1. The van der Waals surface area contributed by atoms with E-state index in [0.717, 1.165) is 0 Å². The van der Waals surface area contributed by atoms with Crippen LogP contribution in [0.15, 0.2) is 18.2 Å². The van der Waals surface area contributed by atoms with Gasteiger partial charge in [-0.1, -0.05) is 29.3 Å². The van der Waals surface area contributed by atoms with Crippen molar-refractivity contribution in [2.75, 3.05) is 26.2 Å². The van der Waals surface area contributed by atoms with Crippen LogP contribution in [-0.4, -0.2) is 60.9 Å². The summed E-state index contributed by atoms with van der Waals surface area (Å²) in [5.41, 5.74) is 0.373. The molecule has 23 heavy (non-hydrogen) atoms. The molecule has 1 amide bonds. The van der Waals surface area contributed by atoms with Crippen molar-refractivity contribution in [3.8, 4) is 0 Å². The lowest BCUT2D eigenvalue weighted by Crippen LogP contribution is -2.52. The highest BCUT2D eigenvalue weighted by molar-refractivity contribution is 7.88. The van der Waals surface area contributed by atoms with E-state index in [1.54, 1.807) is 18.2 Å². The number of hydrogen-bond acceptors (Lipinski definition) is 4. The van der Waals surface area contributed by atoms with Gasteiger partial charge in [-0.3, -0.25) is 4.79 Å². The van der Waals surface area contributed by atoms with Crippen molar-refractivity contribution in [2.24, 2.45) is 0 Å². The molecule has 0 aliphatic carbocycles. The van der Waals surface area contributed by atoms with E-state index < -0.39 is 22.0 Å². The van der Waals surface area contributed by atoms with Crippen LogP contribution in [0.4, 0.5) is 0 Å². The number of sulfonamides is 1. The second-order valence-electron chi connectivity index (χ2n) is 5.36. The fourth-order valence-electron chi connectivity index (χ4n) is 2.39. The molecule has 1 atom stereocenters. The maximum atomic E-state index is 12.5. The van der Waals surface area contributed by atoms with Crippen LogP contribution < -0.4 is 0 Å². The molecule has 6 nitrogen and oxygen atoms in total. The van der Waals surface area contributed by atoms with Crippen molar-refractivity contribution in [3.05, 3.63) is 33.8 Å². The van der Waals surface area contributed by atoms with E-state index >= 15 is 0 Å². The lowest BCUT2D eigenvalue weighted by atomic mass is 10.2. The Hall–Kier alpha value is -0.860. The van der Waals surface area contributed by atoms with Gasteiger partial charge in [-0.2, -0.15) is 4.31 Å². The molecule has 1 aromatic rings. The normalized spacial score (nSPS) is 18.0. The van der Waals surface area contributed by atoms with Gasteiger partial charge in [0.15, 0.2) is 0 Å². The maximum absolute atomic E-state index is 12.5. The summed E-state index contributed by atoms with van der Waals surface area (Å²) in [6, 6.07) is 4.84. The molecule has 1 aliphatic heterocycles. The van der Waals surface area contributed by atoms with Crippen LogP contribution in [0.25, 0.3) is 0 Å². The summed E-state index contributed by atoms with van der Waals surface area (Å²) < 4.78 is 26.4. The molecule has 1 aliphatic rings. The average Bonchev–Trinajstić information content (AvgIpc) is 2.50. The number of amides is 1. The molecule has 1 heterocycles. The van der Waals surface area contributed by atoms with Crippen LogP contribution in [0.1, 0.15) is 12.5 Å². The van der Waals surface area contributed by atoms with Crippen LogP contribution in [-0.2, 0) is 20.6 Å². The standard InChI is InChI=1S/C14H18Cl2N2O4S/c1-10(19)14(20)17-5-7-18(8-6-17)23(21,22)9-11-12(15)3-2-4-13(11)16/h2-4,10,19H,5-9H2,1H3. The molecule has 1 fully saturated rings. The Morgan fingerprint density at radius 2 is 1.74 bits per heavy atom. The molecule has 0 saturated carbocycles. The van der Waals surface area contributed by atoms with E-state index in [0.29, 0.717) is 15.6 Å². The molecular weight excluding hydrogens is 363 g/mol. The third kappa shape index (κ3) is 4.36. The summed E-state index contributed by atoms with van der Waals surface area (Å²) in [7, 11) is -3.59. The topological polar surface area (TPSA) is 77.9 Å². The molecule has 0 radical (unpaired) electrons. The fraction of sp³-hybridized carbons (Fsp3) is 0.500. The summed E-state index contributed by atoms with van der Waals surface area (Å²) in [4.78, 5) is 13.2. The monoisotopic (exact) mass is 380 g/mol. The number of carbonyl (C=O) groups is 1. The van der Waals surface area contributed by atoms with Crippen molar-refractivity contribution in [3.63, 3.8) is 0 Å². The molecule has 0 aromatic heterocycles. The Kier molecular flexibility index (Phi) is 5.91. The second kappa shape index (κ2) is 7.36. The van der Waals surface area contributed by atoms with Gasteiger partial charge in [0, 0.05) is 41.8 Å². The van der Waals surface area contributed by atoms with Crippen molar-refractivity contribution in [1.82, 2.24) is 9.21 Å². The van der Waals surface area contributed by atoms with Crippen molar-refractivity contribution in [2.45, 2.75) is 18.8 Å². The van der Waals surface area contributed by atoms with Gasteiger partial charge in [-0.15, -0.1) is 0 Å². The minimum atomic E-state index is -3.59. The number of nitrogens with zero attached hydrogens (tertiary/aromatic N) is 2. The van der Waals surface area contributed by atoms with Crippen molar-refractivity contribution in [1.29, 1.82) is 0 Å². The van der Waals surface area contributed by atoms with Crippen molar-refractivity contribution >= 4 is 39.1 Å². The summed E-state index contributed by atoms with van der Waals surface area (Å²) in [6.45, 7) is 2.26. The van der Waals surface area contributed by atoms with Crippen LogP contribution in [0.2, 0.25) is 10.0 Å². The first kappa shape index (κ1) is 18.5. The number of aliphatic hydroxyl groups excluding tert-OH is 1. The molecule has 1 N–H and O–H groups in total. The van der Waals surface area contributed by atoms with Crippen LogP contribution in [0.5, 0.6) is 0 Å². The molecule has 0 spiro atoms. The number of rotatable bonds is 4. The Bertz CT molecular complexity index is 666. The van der Waals surface area contributed by atoms with E-state index in [-0.39, 0.29) is 31.9 Å². The maximum Gasteiger partial charge on any atom is 0.251 e. The first-order valence-corrected chi connectivity index (χ1v) is 9.46. The average molecular weight is 381 g/mol. The molecule has 1 saturated heterocycles. The smallest absolute Gasteiger partial charge is 0.251 e. The van der Waals surface area contributed by atoms with Gasteiger partial charge in [0.25, 0.3) is 5.91 Å². The van der Waals surface area contributed by atoms with E-state index in [4.69, 9.17) is 23.2 Å². The summed E-state index contributed by atoms with van der Waals surface area (Å²) >= 11 is 12.1. The lowest BCUT2D eigenvalue weighted by Gasteiger charge is -2.34. The van der Waals surface area contributed by atoms with Gasteiger partial charge in [-0.25, -0.2) is 8.42 Å². The van der Waals surface area contributed by atoms with Crippen LogP contribution >= 0.6 is 23.2 Å². The minimum Gasteiger partial charge on any atom is -0.384 e. The van der Waals surface area contributed by atoms with E-state index in [9.17, 15) is 18.3 Å². The first-order valence-electron chi connectivity index (χ1n) is 7.10. The highest BCUT2D eigenvalue weighted by Crippen LogP contribution is 2.27. The molecule has 1 aromatic carbocycles. The second-order valence-corrected chi connectivity index (χ2v) is 8.14. The summed E-state index contributed by atoms with van der Waals surface area (Å²) in [6.07, 6.45) is -1.08. The fourth-order valence-corrected chi connectivity index (χ4v) is 4.66. The highest BCUT2D eigenvalue weighted by atomic mass is 35.5. The number of hydrogen-bond donors (Lipinski definition) is 1. The quantitative estimate of drug-likeness (QED) is 0.854. The van der Waals surface area contributed by atoms with Crippen LogP contribution in [0, 0.1) is 0 Å². The van der Waals surface area contributed by atoms with E-state index in [1.807, 2.05) is 0 Å². The third-order valence-corrected chi connectivity index (χ3v) is 6.20. The predicted octanol–water partition coefficient (Wildman–Crippen LogP) is 1.35. The Balaban J connectivity index is 2.06. The Morgan fingerprint density at radius 3 is 2.22 bits per heavy atom. The van der Waals surface area contributed by atoms with Gasteiger partial charge >= 0.3 is 0 Å². The van der Waals surface area contributed by atoms with Gasteiger partial charge in [0.1, 0.15) is 6.10 Å². The molecule has 9 heteroatoms. The van der Waals surface area contributed by atoms with Gasteiger partial charge in [0.2, 0.25) is 10.0 Å². The van der Waals surface area contributed by atoms with E-state index in [1.165, 1.54) is 16.1 Å². The Labute approximate surface area is 145 Å². The van der Waals surface area contributed by atoms with Gasteiger partial charge < -0.3 is 10.0 Å². The largest absolute Gasteiger partial charge is 0.384 e. The Morgan fingerprint density at radius 1 is 1.22 bits per heavy atom. The highest BCUT2D eigenvalue weighted by Gasteiger charge is 2.30. The lowest BCUT2D eigenvalue weighted by molar-refractivity contribution is -0.140. The number of piperazine rings is 1. The van der Waals surface area contributed by atoms with Crippen molar-refractivity contribution < 1.29 is 18.3 Å².